The van der Waals surface area contributed by atoms with Crippen molar-refractivity contribution >= 4 is 10.9 Å². The highest BCUT2D eigenvalue weighted by Crippen LogP contribution is 2.48. The minimum absolute atomic E-state index is 0.132. The first kappa shape index (κ1) is 18.7. The number of aliphatic hydroxyl groups is 1. The molecule has 4 nitrogen and oxygen atoms in total. The summed E-state index contributed by atoms with van der Waals surface area (Å²) in [4.78, 5) is 6.51. The Morgan fingerprint density at radius 2 is 2.14 bits per heavy atom. The second-order valence-electron chi connectivity index (χ2n) is 9.35. The molecule has 3 aliphatic rings. The van der Waals surface area contributed by atoms with Gasteiger partial charge >= 0.3 is 0 Å². The van der Waals surface area contributed by atoms with Gasteiger partial charge in [0.1, 0.15) is 0 Å². The molecule has 0 amide bonds. The first-order valence-corrected chi connectivity index (χ1v) is 11.5. The number of H-pyrrole nitrogens is 1. The molecule has 0 spiro atoms. The van der Waals surface area contributed by atoms with Gasteiger partial charge < -0.3 is 15.4 Å². The Labute approximate surface area is 168 Å². The van der Waals surface area contributed by atoms with E-state index in [0.717, 1.165) is 31.8 Å². The van der Waals surface area contributed by atoms with Crippen molar-refractivity contribution in [1.29, 1.82) is 0 Å². The standard InChI is InChI=1S/C24H35N3O/c1-2-3-11-25-14-20-19-13-22-24-18(17-6-4-5-7-21(17)26-24)10-12-27(22)15-16(19)8-9-23(20)28/h4-7,16,19-20,22-23,25-26,28H,2-3,8-15H2,1H3/t16-,19-,20-,22+,23+/m0/s1. The number of aliphatic hydroxyl groups excluding tert-OH is 1. The normalized spacial score (nSPS) is 32.7. The van der Waals surface area contributed by atoms with Gasteiger partial charge in [0.05, 0.1) is 12.1 Å². The SMILES string of the molecule is CCCCNC[C@H]1[C@H]2C[C@@H]3c4[nH]c5ccccc5c4CCN3C[C@@H]2CC[C@H]1O. The van der Waals surface area contributed by atoms with Crippen molar-refractivity contribution in [3.05, 3.63) is 35.5 Å². The number of nitrogens with zero attached hydrogens (tertiary/aromatic N) is 1. The van der Waals surface area contributed by atoms with E-state index >= 15 is 0 Å². The van der Waals surface area contributed by atoms with Crippen LogP contribution in [0.15, 0.2) is 24.3 Å². The first-order chi connectivity index (χ1) is 13.8. The van der Waals surface area contributed by atoms with Crippen molar-refractivity contribution in [2.75, 3.05) is 26.2 Å². The number of benzene rings is 1. The molecule has 5 rings (SSSR count). The molecule has 1 aromatic heterocycles. The van der Waals surface area contributed by atoms with E-state index < -0.39 is 0 Å². The first-order valence-electron chi connectivity index (χ1n) is 11.5. The molecule has 1 aromatic carbocycles. The zero-order valence-electron chi connectivity index (χ0n) is 17.2. The average Bonchev–Trinajstić information content (AvgIpc) is 3.10. The Hall–Kier alpha value is -1.36. The van der Waals surface area contributed by atoms with Crippen molar-refractivity contribution in [2.24, 2.45) is 17.8 Å². The maximum atomic E-state index is 10.8. The summed E-state index contributed by atoms with van der Waals surface area (Å²) in [7, 11) is 0. The summed E-state index contributed by atoms with van der Waals surface area (Å²) in [6, 6.07) is 9.29. The molecule has 1 saturated heterocycles. The second kappa shape index (κ2) is 7.81. The lowest BCUT2D eigenvalue weighted by Crippen LogP contribution is -2.53. The highest BCUT2D eigenvalue weighted by molar-refractivity contribution is 5.85. The number of aromatic nitrogens is 1. The van der Waals surface area contributed by atoms with Crippen LogP contribution in [-0.2, 0) is 6.42 Å². The van der Waals surface area contributed by atoms with Crippen LogP contribution < -0.4 is 5.32 Å². The lowest BCUT2D eigenvalue weighted by Gasteiger charge is -2.51. The van der Waals surface area contributed by atoms with Gasteiger partial charge in [-0.3, -0.25) is 4.90 Å². The minimum atomic E-state index is -0.132. The molecule has 0 unspecified atom stereocenters. The number of fused-ring (bicyclic) bond motifs is 6. The third kappa shape index (κ3) is 3.20. The molecule has 28 heavy (non-hydrogen) atoms. The highest BCUT2D eigenvalue weighted by atomic mass is 16.3. The van der Waals surface area contributed by atoms with E-state index in [1.165, 1.54) is 55.4 Å². The van der Waals surface area contributed by atoms with Crippen LogP contribution in [0, 0.1) is 17.8 Å². The van der Waals surface area contributed by atoms with Gasteiger partial charge in [0.2, 0.25) is 0 Å². The lowest BCUT2D eigenvalue weighted by atomic mass is 9.65. The molecule has 3 N–H and O–H groups in total. The fourth-order valence-corrected chi connectivity index (χ4v) is 6.31. The maximum absolute atomic E-state index is 10.8. The van der Waals surface area contributed by atoms with Crippen molar-refractivity contribution in [3.63, 3.8) is 0 Å². The number of unbranched alkanes of at least 4 members (excludes halogenated alkanes) is 1. The Balaban J connectivity index is 1.39. The average molecular weight is 382 g/mol. The number of piperidine rings is 1. The van der Waals surface area contributed by atoms with Gasteiger partial charge in [0.25, 0.3) is 0 Å². The summed E-state index contributed by atoms with van der Waals surface area (Å²) in [5.41, 5.74) is 4.30. The summed E-state index contributed by atoms with van der Waals surface area (Å²) in [6.45, 7) is 6.70. The summed E-state index contributed by atoms with van der Waals surface area (Å²) in [6.07, 6.45) is 6.86. The van der Waals surface area contributed by atoms with Gasteiger partial charge in [-0.2, -0.15) is 0 Å². The number of rotatable bonds is 5. The molecule has 1 saturated carbocycles. The zero-order chi connectivity index (χ0) is 19.1. The van der Waals surface area contributed by atoms with Gasteiger partial charge in [-0.15, -0.1) is 0 Å². The molecular weight excluding hydrogens is 346 g/mol. The fourth-order valence-electron chi connectivity index (χ4n) is 6.31. The summed E-state index contributed by atoms with van der Waals surface area (Å²) in [5, 5.41) is 15.9. The lowest BCUT2D eigenvalue weighted by molar-refractivity contribution is -0.0549. The Morgan fingerprint density at radius 3 is 3.04 bits per heavy atom. The molecule has 1 aliphatic carbocycles. The predicted molar refractivity (Wildman–Crippen MR) is 114 cm³/mol. The van der Waals surface area contributed by atoms with Crippen molar-refractivity contribution in [1.82, 2.24) is 15.2 Å². The molecule has 4 heteroatoms. The van der Waals surface area contributed by atoms with E-state index in [0.29, 0.717) is 17.9 Å². The monoisotopic (exact) mass is 381 g/mol. The van der Waals surface area contributed by atoms with Crippen molar-refractivity contribution in [3.8, 4) is 0 Å². The van der Waals surface area contributed by atoms with Crippen LogP contribution in [0.1, 0.15) is 56.3 Å². The largest absolute Gasteiger partial charge is 0.393 e. The topological polar surface area (TPSA) is 51.3 Å². The molecular formula is C24H35N3O. The van der Waals surface area contributed by atoms with E-state index in [4.69, 9.17) is 0 Å². The number of hydrogen-bond acceptors (Lipinski definition) is 3. The molecule has 152 valence electrons. The second-order valence-corrected chi connectivity index (χ2v) is 9.35. The third-order valence-electron chi connectivity index (χ3n) is 7.80. The van der Waals surface area contributed by atoms with E-state index in [1.54, 1.807) is 5.56 Å². The van der Waals surface area contributed by atoms with E-state index in [9.17, 15) is 5.11 Å². The molecule has 2 aromatic rings. The van der Waals surface area contributed by atoms with Gasteiger partial charge in [0, 0.05) is 42.1 Å². The van der Waals surface area contributed by atoms with Crippen LogP contribution in [-0.4, -0.2) is 47.3 Å². The summed E-state index contributed by atoms with van der Waals surface area (Å²) < 4.78 is 0. The zero-order valence-corrected chi connectivity index (χ0v) is 17.2. The molecule has 2 aliphatic heterocycles. The van der Waals surface area contributed by atoms with Gasteiger partial charge in [-0.25, -0.2) is 0 Å². The quantitative estimate of drug-likeness (QED) is 0.689. The molecule has 0 bridgehead atoms. The minimum Gasteiger partial charge on any atom is -0.393 e. The number of nitrogens with one attached hydrogen (secondary N) is 2. The van der Waals surface area contributed by atoms with Crippen molar-refractivity contribution in [2.45, 2.75) is 57.6 Å². The predicted octanol–water partition coefficient (Wildman–Crippen LogP) is 3.86. The smallest absolute Gasteiger partial charge is 0.0583 e. The van der Waals surface area contributed by atoms with Gasteiger partial charge in [-0.05, 0) is 62.1 Å². The van der Waals surface area contributed by atoms with E-state index in [1.807, 2.05) is 0 Å². The van der Waals surface area contributed by atoms with Gasteiger partial charge in [0.15, 0.2) is 0 Å². The van der Waals surface area contributed by atoms with E-state index in [2.05, 4.69) is 46.4 Å². The van der Waals surface area contributed by atoms with Crippen LogP contribution in [0.5, 0.6) is 0 Å². The van der Waals surface area contributed by atoms with Crippen molar-refractivity contribution < 1.29 is 5.11 Å². The number of aromatic amines is 1. The molecule has 0 radical (unpaired) electrons. The summed E-state index contributed by atoms with van der Waals surface area (Å²) in [5.74, 6) is 1.80. The number of para-hydroxylation sites is 1. The summed E-state index contributed by atoms with van der Waals surface area (Å²) >= 11 is 0. The Morgan fingerprint density at radius 1 is 1.25 bits per heavy atom. The molecule has 3 heterocycles. The third-order valence-corrected chi connectivity index (χ3v) is 7.80. The Kier molecular flexibility index (Phi) is 5.20. The fraction of sp³-hybridized carbons (Fsp3) is 0.667. The van der Waals surface area contributed by atoms with Crippen LogP contribution in [0.4, 0.5) is 0 Å². The highest BCUT2D eigenvalue weighted by Gasteiger charge is 2.46. The maximum Gasteiger partial charge on any atom is 0.0583 e. The van der Waals surface area contributed by atoms with E-state index in [-0.39, 0.29) is 6.10 Å². The molecule has 5 atom stereocenters. The molecule has 2 fully saturated rings. The number of hydrogen-bond donors (Lipinski definition) is 3. The Bertz CT molecular complexity index is 815. The van der Waals surface area contributed by atoms with Crippen LogP contribution in [0.3, 0.4) is 0 Å². The van der Waals surface area contributed by atoms with Gasteiger partial charge in [-0.1, -0.05) is 31.5 Å². The van der Waals surface area contributed by atoms with Crippen LogP contribution in [0.25, 0.3) is 10.9 Å². The van der Waals surface area contributed by atoms with Crippen LogP contribution >= 0.6 is 0 Å². The van der Waals surface area contributed by atoms with Crippen LogP contribution in [0.2, 0.25) is 0 Å².